The van der Waals surface area contributed by atoms with Gasteiger partial charge in [0.05, 0.1) is 22.1 Å². The van der Waals surface area contributed by atoms with Crippen molar-refractivity contribution in [3.8, 4) is 11.3 Å². The van der Waals surface area contributed by atoms with Gasteiger partial charge in [0.2, 0.25) is 0 Å². The molecule has 0 amide bonds. The first-order valence-electron chi connectivity index (χ1n) is 5.78. The second-order valence-electron chi connectivity index (χ2n) is 4.22. The number of halogens is 1. The first-order valence-corrected chi connectivity index (χ1v) is 6.31. The first-order chi connectivity index (χ1) is 9.20. The Labute approximate surface area is 114 Å². The molecule has 0 atom stereocenters. The number of aromatic nitrogens is 2. The summed E-state index contributed by atoms with van der Waals surface area (Å²) in [5.41, 5.74) is 2.17. The Bertz CT molecular complexity index is 691. The van der Waals surface area contributed by atoms with E-state index in [4.69, 9.17) is 11.6 Å². The summed E-state index contributed by atoms with van der Waals surface area (Å²) in [6, 6.07) is 6.61. The largest absolute Gasteiger partial charge is 0.306 e. The predicted molar refractivity (Wildman–Crippen MR) is 73.0 cm³/mol. The number of hydrogen-bond donors (Lipinski definition) is 0. The molecule has 0 bridgehead atoms. The monoisotopic (exact) mass is 275 g/mol. The van der Waals surface area contributed by atoms with Crippen LogP contribution in [-0.2, 0) is 6.42 Å². The van der Waals surface area contributed by atoms with Crippen LogP contribution in [0.5, 0.6) is 0 Å². The van der Waals surface area contributed by atoms with Gasteiger partial charge in [0, 0.05) is 24.4 Å². The molecule has 0 unspecified atom stereocenters. The summed E-state index contributed by atoms with van der Waals surface area (Å²) in [4.78, 5) is 15.1. The maximum atomic E-state index is 11.0. The molecule has 0 aliphatic carbocycles. The van der Waals surface area contributed by atoms with Gasteiger partial charge in [-0.25, -0.2) is 4.98 Å². The topological polar surface area (TPSA) is 61.0 Å². The Morgan fingerprint density at radius 1 is 1.42 bits per heavy atom. The van der Waals surface area contributed by atoms with Crippen molar-refractivity contribution in [1.29, 1.82) is 0 Å². The van der Waals surface area contributed by atoms with Crippen LogP contribution in [0.2, 0.25) is 0 Å². The summed E-state index contributed by atoms with van der Waals surface area (Å²) < 4.78 is 1.90. The zero-order valence-corrected chi connectivity index (χ0v) is 10.7. The van der Waals surface area contributed by atoms with Crippen LogP contribution < -0.4 is 0 Å². The number of allylic oxidation sites excluding steroid dienone is 2. The zero-order chi connectivity index (χ0) is 13.4. The summed E-state index contributed by atoms with van der Waals surface area (Å²) in [6.45, 7) is 0. The van der Waals surface area contributed by atoms with Crippen molar-refractivity contribution in [3.05, 3.63) is 52.5 Å². The lowest BCUT2D eigenvalue weighted by Gasteiger charge is -2.00. The number of para-hydroxylation sites is 1. The van der Waals surface area contributed by atoms with Gasteiger partial charge in [-0.05, 0) is 6.07 Å². The number of fused-ring (bicyclic) bond motifs is 1. The highest BCUT2D eigenvalue weighted by atomic mass is 35.5. The molecular weight excluding hydrogens is 266 g/mol. The van der Waals surface area contributed by atoms with Crippen LogP contribution >= 0.6 is 11.6 Å². The van der Waals surface area contributed by atoms with Gasteiger partial charge in [0.1, 0.15) is 5.82 Å². The quantitative estimate of drug-likeness (QED) is 0.491. The van der Waals surface area contributed by atoms with E-state index in [9.17, 15) is 10.1 Å². The third kappa shape index (κ3) is 1.92. The predicted octanol–water partition coefficient (Wildman–Crippen LogP) is 3.09. The van der Waals surface area contributed by atoms with Crippen LogP contribution in [-0.4, -0.2) is 20.4 Å². The average molecular weight is 276 g/mol. The van der Waals surface area contributed by atoms with E-state index in [-0.39, 0.29) is 5.69 Å². The highest BCUT2D eigenvalue weighted by Gasteiger charge is 2.21. The van der Waals surface area contributed by atoms with Crippen molar-refractivity contribution < 1.29 is 4.92 Å². The molecule has 0 N–H and O–H groups in total. The van der Waals surface area contributed by atoms with E-state index in [1.807, 2.05) is 10.6 Å². The molecule has 5 nitrogen and oxygen atoms in total. The van der Waals surface area contributed by atoms with E-state index < -0.39 is 4.92 Å². The number of rotatable bonds is 3. The second-order valence-corrected chi connectivity index (χ2v) is 4.49. The summed E-state index contributed by atoms with van der Waals surface area (Å²) >= 11 is 5.85. The van der Waals surface area contributed by atoms with E-state index >= 15 is 0 Å². The lowest BCUT2D eigenvalue weighted by molar-refractivity contribution is -0.384. The molecule has 0 saturated carbocycles. The van der Waals surface area contributed by atoms with E-state index in [0.717, 1.165) is 11.5 Å². The molecule has 1 aliphatic heterocycles. The molecule has 6 heteroatoms. The van der Waals surface area contributed by atoms with Crippen LogP contribution in [0.4, 0.5) is 5.69 Å². The van der Waals surface area contributed by atoms with E-state index in [1.54, 1.807) is 24.4 Å². The molecule has 1 aromatic carbocycles. The Hall–Kier alpha value is -2.14. The third-order valence-electron chi connectivity index (χ3n) is 3.12. The Kier molecular flexibility index (Phi) is 2.83. The summed E-state index contributed by atoms with van der Waals surface area (Å²) in [7, 11) is 0. The van der Waals surface area contributed by atoms with E-state index in [2.05, 4.69) is 4.98 Å². The van der Waals surface area contributed by atoms with Gasteiger partial charge in [-0.2, -0.15) is 0 Å². The molecule has 2 heterocycles. The minimum absolute atomic E-state index is 0.0654. The van der Waals surface area contributed by atoms with Crippen LogP contribution in [0.15, 0.2) is 36.5 Å². The van der Waals surface area contributed by atoms with Crippen molar-refractivity contribution in [2.24, 2.45) is 0 Å². The van der Waals surface area contributed by atoms with Gasteiger partial charge < -0.3 is 4.57 Å². The maximum Gasteiger partial charge on any atom is 0.278 e. The molecule has 1 aromatic heterocycles. The molecule has 1 aliphatic rings. The molecule has 0 fully saturated rings. The molecular formula is C13H10ClN3O2. The molecule has 19 heavy (non-hydrogen) atoms. The van der Waals surface area contributed by atoms with Crippen molar-refractivity contribution in [2.45, 2.75) is 6.42 Å². The Morgan fingerprint density at radius 3 is 2.95 bits per heavy atom. The first kappa shape index (κ1) is 11.9. The molecule has 0 spiro atoms. The number of nitro benzene ring substituents is 1. The lowest BCUT2D eigenvalue weighted by atomic mass is 10.1. The standard InChI is InChI=1S/C13H10ClN3O2/c14-7-9-5-6-13-15-11(8-16(9)13)10-3-1-2-4-12(10)17(18)19/h1-5,8H,6-7H2. The summed E-state index contributed by atoms with van der Waals surface area (Å²) in [5.74, 6) is 1.27. The smallest absolute Gasteiger partial charge is 0.278 e. The number of alkyl halides is 1. The van der Waals surface area contributed by atoms with Gasteiger partial charge in [-0.15, -0.1) is 11.6 Å². The van der Waals surface area contributed by atoms with Crippen molar-refractivity contribution in [2.75, 3.05) is 5.88 Å². The van der Waals surface area contributed by atoms with Crippen molar-refractivity contribution in [1.82, 2.24) is 9.55 Å². The zero-order valence-electron chi connectivity index (χ0n) is 9.91. The van der Waals surface area contributed by atoms with E-state index in [1.165, 1.54) is 6.07 Å². The number of imidazole rings is 1. The number of benzene rings is 1. The Morgan fingerprint density at radius 2 is 2.21 bits per heavy atom. The fourth-order valence-electron chi connectivity index (χ4n) is 2.22. The highest BCUT2D eigenvalue weighted by Crippen LogP contribution is 2.31. The van der Waals surface area contributed by atoms with Crippen molar-refractivity contribution in [3.63, 3.8) is 0 Å². The van der Waals surface area contributed by atoms with Gasteiger partial charge >= 0.3 is 0 Å². The van der Waals surface area contributed by atoms with Gasteiger partial charge in [-0.3, -0.25) is 10.1 Å². The van der Waals surface area contributed by atoms with Crippen LogP contribution in [0, 0.1) is 10.1 Å². The van der Waals surface area contributed by atoms with Gasteiger partial charge in [0.15, 0.2) is 0 Å². The van der Waals surface area contributed by atoms with Crippen LogP contribution in [0.1, 0.15) is 5.82 Å². The van der Waals surface area contributed by atoms with Crippen LogP contribution in [0.25, 0.3) is 17.0 Å². The van der Waals surface area contributed by atoms with E-state index in [0.29, 0.717) is 23.6 Å². The highest BCUT2D eigenvalue weighted by molar-refractivity contribution is 6.22. The number of nitro groups is 1. The normalized spacial score (nSPS) is 13.2. The number of hydrogen-bond acceptors (Lipinski definition) is 3. The molecule has 0 saturated heterocycles. The Balaban J connectivity index is 2.10. The number of nitrogens with zero attached hydrogens (tertiary/aromatic N) is 3. The fraction of sp³-hybridized carbons (Fsp3) is 0.154. The minimum Gasteiger partial charge on any atom is -0.306 e. The molecule has 3 rings (SSSR count). The van der Waals surface area contributed by atoms with Gasteiger partial charge in [-0.1, -0.05) is 18.2 Å². The maximum absolute atomic E-state index is 11.0. The molecule has 0 radical (unpaired) electrons. The summed E-state index contributed by atoms with van der Waals surface area (Å²) in [6.07, 6.45) is 4.53. The van der Waals surface area contributed by atoms with Crippen molar-refractivity contribution >= 4 is 23.0 Å². The SMILES string of the molecule is O=[N+]([O-])c1ccccc1-c1cn2c(n1)CC=C2CCl. The second kappa shape index (κ2) is 4.51. The minimum atomic E-state index is -0.391. The average Bonchev–Trinajstić information content (AvgIpc) is 2.98. The lowest BCUT2D eigenvalue weighted by Crippen LogP contribution is -1.93. The fourth-order valence-corrected chi connectivity index (χ4v) is 2.45. The van der Waals surface area contributed by atoms with Crippen LogP contribution in [0.3, 0.4) is 0 Å². The van der Waals surface area contributed by atoms with Gasteiger partial charge in [0.25, 0.3) is 5.69 Å². The molecule has 96 valence electrons. The third-order valence-corrected chi connectivity index (χ3v) is 3.40. The molecule has 2 aromatic rings. The summed E-state index contributed by atoms with van der Waals surface area (Å²) in [5, 5.41) is 11.0.